The van der Waals surface area contributed by atoms with Gasteiger partial charge in [-0.05, 0) is 42.7 Å². The molecule has 162 valence electrons. The Morgan fingerprint density at radius 1 is 1.19 bits per heavy atom. The van der Waals surface area contributed by atoms with Gasteiger partial charge in [-0.2, -0.15) is 0 Å². The summed E-state index contributed by atoms with van der Waals surface area (Å²) in [5.74, 6) is -0.138. The maximum Gasteiger partial charge on any atom is 0.247 e. The molecule has 0 bridgehead atoms. The minimum Gasteiger partial charge on any atom is -0.354 e. The number of hydrogen-bond acceptors (Lipinski definition) is 3. The molecule has 31 heavy (non-hydrogen) atoms. The molecule has 1 aromatic heterocycles. The average Bonchev–Trinajstić information content (AvgIpc) is 2.92. The summed E-state index contributed by atoms with van der Waals surface area (Å²) < 4.78 is 15.6. The maximum absolute atomic E-state index is 13.6. The third-order valence-electron chi connectivity index (χ3n) is 5.60. The van der Waals surface area contributed by atoms with E-state index in [1.54, 1.807) is 12.1 Å². The number of carbonyl (C=O) groups excluding carboxylic acids is 2. The lowest BCUT2D eigenvalue weighted by atomic mass is 10.0. The predicted octanol–water partition coefficient (Wildman–Crippen LogP) is 4.66. The number of hydrogen-bond donors (Lipinski definition) is 1. The lowest BCUT2D eigenvalue weighted by Gasteiger charge is -2.30. The standard InChI is InChI=1S/C24H26FN3O2S/c1-15(2)12-13-26-23(30)22-21-18-6-4-5-7-19(18)27(3)24(21)31-14-20(29)28(22)17-10-8-16(25)9-11-17/h4-11,15,22H,12-14H2,1-3H3,(H,26,30). The molecule has 0 saturated heterocycles. The third-order valence-corrected chi connectivity index (χ3v) is 6.76. The predicted molar refractivity (Wildman–Crippen MR) is 123 cm³/mol. The molecule has 0 saturated carbocycles. The van der Waals surface area contributed by atoms with Gasteiger partial charge in [0, 0.05) is 35.7 Å². The molecule has 1 unspecified atom stereocenters. The average molecular weight is 440 g/mol. The summed E-state index contributed by atoms with van der Waals surface area (Å²) in [7, 11) is 1.96. The lowest BCUT2D eigenvalue weighted by molar-refractivity contribution is -0.125. The van der Waals surface area contributed by atoms with Crippen molar-refractivity contribution in [1.82, 2.24) is 9.88 Å². The van der Waals surface area contributed by atoms with Crippen molar-refractivity contribution >= 4 is 40.2 Å². The van der Waals surface area contributed by atoms with Gasteiger partial charge in [0.15, 0.2) is 0 Å². The van der Waals surface area contributed by atoms with Crippen LogP contribution < -0.4 is 10.2 Å². The van der Waals surface area contributed by atoms with Crippen LogP contribution in [0.15, 0.2) is 53.6 Å². The number of carbonyl (C=O) groups is 2. The highest BCUT2D eigenvalue weighted by Gasteiger charge is 2.39. The largest absolute Gasteiger partial charge is 0.354 e. The molecule has 4 rings (SSSR count). The highest BCUT2D eigenvalue weighted by atomic mass is 32.2. The summed E-state index contributed by atoms with van der Waals surface area (Å²) in [6.45, 7) is 4.74. The van der Waals surface area contributed by atoms with Crippen LogP contribution in [0.3, 0.4) is 0 Å². The first-order chi connectivity index (χ1) is 14.9. The van der Waals surface area contributed by atoms with E-state index in [0.717, 1.165) is 27.9 Å². The van der Waals surface area contributed by atoms with E-state index in [1.807, 2.05) is 35.9 Å². The van der Waals surface area contributed by atoms with Gasteiger partial charge in [0.2, 0.25) is 11.8 Å². The molecule has 0 aliphatic carbocycles. The number of amides is 2. The fraction of sp³-hybridized carbons (Fsp3) is 0.333. The van der Waals surface area contributed by atoms with E-state index >= 15 is 0 Å². The van der Waals surface area contributed by atoms with Crippen molar-refractivity contribution in [2.45, 2.75) is 31.3 Å². The molecule has 3 aromatic rings. The number of thioether (sulfide) groups is 1. The first kappa shape index (κ1) is 21.4. The molecule has 1 N–H and O–H groups in total. The maximum atomic E-state index is 13.6. The van der Waals surface area contributed by atoms with Gasteiger partial charge >= 0.3 is 0 Å². The van der Waals surface area contributed by atoms with Crippen LogP contribution >= 0.6 is 11.8 Å². The zero-order valence-corrected chi connectivity index (χ0v) is 18.7. The van der Waals surface area contributed by atoms with E-state index < -0.39 is 6.04 Å². The fourth-order valence-corrected chi connectivity index (χ4v) is 5.10. The molecule has 7 heteroatoms. The van der Waals surface area contributed by atoms with E-state index in [2.05, 4.69) is 19.2 Å². The van der Waals surface area contributed by atoms with Crippen LogP contribution in [0.4, 0.5) is 10.1 Å². The first-order valence-corrected chi connectivity index (χ1v) is 11.4. The Hall–Kier alpha value is -2.80. The minimum absolute atomic E-state index is 0.180. The molecule has 1 aliphatic heterocycles. The second-order valence-corrected chi connectivity index (χ2v) is 9.16. The van der Waals surface area contributed by atoms with Gasteiger partial charge in [0.05, 0.1) is 10.8 Å². The van der Waals surface area contributed by atoms with Gasteiger partial charge < -0.3 is 9.88 Å². The Morgan fingerprint density at radius 3 is 2.61 bits per heavy atom. The van der Waals surface area contributed by atoms with Gasteiger partial charge in [-0.1, -0.05) is 43.8 Å². The van der Waals surface area contributed by atoms with Crippen LogP contribution in [0.2, 0.25) is 0 Å². The van der Waals surface area contributed by atoms with Gasteiger partial charge in [-0.15, -0.1) is 0 Å². The van der Waals surface area contributed by atoms with Crippen molar-refractivity contribution in [2.24, 2.45) is 13.0 Å². The first-order valence-electron chi connectivity index (χ1n) is 10.4. The topological polar surface area (TPSA) is 54.3 Å². The molecule has 2 heterocycles. The zero-order valence-electron chi connectivity index (χ0n) is 17.9. The summed E-state index contributed by atoms with van der Waals surface area (Å²) in [5.41, 5.74) is 2.34. The van der Waals surface area contributed by atoms with E-state index in [4.69, 9.17) is 0 Å². The molecule has 0 spiro atoms. The van der Waals surface area contributed by atoms with Crippen LogP contribution in [0.25, 0.3) is 10.9 Å². The zero-order chi connectivity index (χ0) is 22.1. The second-order valence-electron chi connectivity index (χ2n) is 8.20. The van der Waals surface area contributed by atoms with Crippen LogP contribution in [-0.4, -0.2) is 28.7 Å². The second kappa shape index (κ2) is 8.75. The SMILES string of the molecule is CC(C)CCNC(=O)C1c2c(n(C)c3ccccc23)SCC(=O)N1c1ccc(F)cc1. The highest BCUT2D eigenvalue weighted by Crippen LogP contribution is 2.43. The number of para-hydroxylation sites is 1. The normalized spacial score (nSPS) is 16.5. The highest BCUT2D eigenvalue weighted by molar-refractivity contribution is 8.00. The van der Waals surface area contributed by atoms with Crippen LogP contribution in [-0.2, 0) is 16.6 Å². The minimum atomic E-state index is -0.832. The van der Waals surface area contributed by atoms with Crippen molar-refractivity contribution in [3.63, 3.8) is 0 Å². The smallest absolute Gasteiger partial charge is 0.247 e. The van der Waals surface area contributed by atoms with Crippen LogP contribution in [0.5, 0.6) is 0 Å². The molecule has 2 aromatic carbocycles. The van der Waals surface area contributed by atoms with Crippen molar-refractivity contribution in [3.05, 3.63) is 59.9 Å². The number of rotatable bonds is 5. The quantitative estimate of drug-likeness (QED) is 0.629. The van der Waals surface area contributed by atoms with Gasteiger partial charge in [-0.25, -0.2) is 4.39 Å². The van der Waals surface area contributed by atoms with Crippen molar-refractivity contribution < 1.29 is 14.0 Å². The monoisotopic (exact) mass is 439 g/mol. The number of aromatic nitrogens is 1. The molecule has 1 atom stereocenters. The van der Waals surface area contributed by atoms with Crippen molar-refractivity contribution in [2.75, 3.05) is 17.2 Å². The Labute approximate surface area is 185 Å². The van der Waals surface area contributed by atoms with E-state index in [-0.39, 0.29) is 23.4 Å². The van der Waals surface area contributed by atoms with Crippen molar-refractivity contribution in [3.8, 4) is 0 Å². The summed E-state index contributed by atoms with van der Waals surface area (Å²) in [6.07, 6.45) is 0.847. The number of fused-ring (bicyclic) bond motifs is 3. The lowest BCUT2D eigenvalue weighted by Crippen LogP contribution is -2.44. The molecular formula is C24H26FN3O2S. The molecular weight excluding hydrogens is 413 g/mol. The van der Waals surface area contributed by atoms with Crippen LogP contribution in [0, 0.1) is 11.7 Å². The summed E-state index contributed by atoms with van der Waals surface area (Å²) in [5, 5.41) is 4.88. The number of benzene rings is 2. The number of aryl methyl sites for hydroxylation is 1. The van der Waals surface area contributed by atoms with E-state index in [9.17, 15) is 14.0 Å². The third kappa shape index (κ3) is 4.06. The number of halogens is 1. The summed E-state index contributed by atoms with van der Waals surface area (Å²) in [6, 6.07) is 12.8. The molecule has 2 amide bonds. The summed E-state index contributed by atoms with van der Waals surface area (Å²) in [4.78, 5) is 28.3. The fourth-order valence-electron chi connectivity index (χ4n) is 4.03. The van der Waals surface area contributed by atoms with Gasteiger partial charge in [0.25, 0.3) is 0 Å². The molecule has 0 radical (unpaired) electrons. The number of nitrogens with zero attached hydrogens (tertiary/aromatic N) is 2. The summed E-state index contributed by atoms with van der Waals surface area (Å²) >= 11 is 1.44. The molecule has 0 fully saturated rings. The van der Waals surface area contributed by atoms with Gasteiger partial charge in [-0.3, -0.25) is 14.5 Å². The Bertz CT molecular complexity index is 1120. The van der Waals surface area contributed by atoms with Gasteiger partial charge in [0.1, 0.15) is 11.9 Å². The van der Waals surface area contributed by atoms with Crippen LogP contribution in [0.1, 0.15) is 31.9 Å². The Kier molecular flexibility index (Phi) is 6.05. The Morgan fingerprint density at radius 2 is 1.90 bits per heavy atom. The molecule has 1 aliphatic rings. The van der Waals surface area contributed by atoms with E-state index in [1.165, 1.54) is 28.8 Å². The Balaban J connectivity index is 1.87. The van der Waals surface area contributed by atoms with Crippen molar-refractivity contribution in [1.29, 1.82) is 0 Å². The van der Waals surface area contributed by atoms with E-state index in [0.29, 0.717) is 18.2 Å². The number of nitrogens with one attached hydrogen (secondary N) is 1. The number of anilines is 1. The molecule has 5 nitrogen and oxygen atoms in total.